The zero-order valence-corrected chi connectivity index (χ0v) is 12.2. The van der Waals surface area contributed by atoms with Gasteiger partial charge in [0.15, 0.2) is 11.5 Å². The first-order valence-electron chi connectivity index (χ1n) is 6.95. The number of hydrogen-bond donors (Lipinski definition) is 0. The molecule has 0 radical (unpaired) electrons. The summed E-state index contributed by atoms with van der Waals surface area (Å²) in [7, 11) is 3.21. The topological polar surface area (TPSA) is 57.2 Å². The molecule has 114 valence electrons. The van der Waals surface area contributed by atoms with E-state index in [-0.39, 0.29) is 18.2 Å². The van der Waals surface area contributed by atoms with E-state index in [2.05, 4.69) is 0 Å². The maximum atomic E-state index is 11.3. The standard InChI is InChI=1S/C15H19NO5/c1-18-12-4-3-10(5-13(12)19-2)8-20-9-11-7-16-14(17)6-15(16)21-11/h3-5,11,15H,6-9H2,1-2H3/t11-,15+/m1/s1. The average Bonchev–Trinajstić information content (AvgIpc) is 2.83. The molecule has 6 nitrogen and oxygen atoms in total. The third-order valence-corrected chi connectivity index (χ3v) is 3.79. The van der Waals surface area contributed by atoms with Crippen LogP contribution < -0.4 is 9.47 Å². The molecule has 0 bridgehead atoms. The van der Waals surface area contributed by atoms with Gasteiger partial charge in [-0.25, -0.2) is 0 Å². The normalized spacial score (nSPS) is 23.7. The zero-order chi connectivity index (χ0) is 14.8. The van der Waals surface area contributed by atoms with Gasteiger partial charge in [-0.3, -0.25) is 4.79 Å². The van der Waals surface area contributed by atoms with Gasteiger partial charge in [-0.05, 0) is 17.7 Å². The Labute approximate surface area is 123 Å². The average molecular weight is 293 g/mol. The Bertz CT molecular complexity index is 533. The number of amides is 1. The van der Waals surface area contributed by atoms with Crippen LogP contribution in [0.1, 0.15) is 12.0 Å². The highest BCUT2D eigenvalue weighted by molar-refractivity contribution is 5.82. The van der Waals surface area contributed by atoms with Crippen LogP contribution in [0, 0.1) is 0 Å². The number of rotatable bonds is 6. The number of methoxy groups -OCH3 is 2. The summed E-state index contributed by atoms with van der Waals surface area (Å²) in [6.07, 6.45) is 0.459. The number of β-lactam (4-membered cyclic amide) rings is 1. The smallest absolute Gasteiger partial charge is 0.229 e. The molecule has 6 heteroatoms. The van der Waals surface area contributed by atoms with Crippen LogP contribution in [0.15, 0.2) is 18.2 Å². The van der Waals surface area contributed by atoms with Gasteiger partial charge >= 0.3 is 0 Å². The molecule has 2 atom stereocenters. The first-order valence-corrected chi connectivity index (χ1v) is 6.95. The molecule has 2 fully saturated rings. The molecule has 0 aliphatic carbocycles. The lowest BCUT2D eigenvalue weighted by Gasteiger charge is -2.31. The molecular formula is C15H19NO5. The number of ether oxygens (including phenoxy) is 4. The molecule has 1 aromatic rings. The van der Waals surface area contributed by atoms with Crippen molar-refractivity contribution in [1.29, 1.82) is 0 Å². The Morgan fingerprint density at radius 2 is 2.10 bits per heavy atom. The van der Waals surface area contributed by atoms with Gasteiger partial charge < -0.3 is 23.8 Å². The highest BCUT2D eigenvalue weighted by Gasteiger charge is 2.45. The molecule has 21 heavy (non-hydrogen) atoms. The van der Waals surface area contributed by atoms with Crippen LogP contribution in [0.3, 0.4) is 0 Å². The number of fused-ring (bicyclic) bond motifs is 1. The van der Waals surface area contributed by atoms with Gasteiger partial charge in [0.2, 0.25) is 5.91 Å². The van der Waals surface area contributed by atoms with Crippen molar-refractivity contribution in [2.75, 3.05) is 27.4 Å². The maximum Gasteiger partial charge on any atom is 0.229 e. The highest BCUT2D eigenvalue weighted by atomic mass is 16.6. The predicted molar refractivity (Wildman–Crippen MR) is 74.2 cm³/mol. The fourth-order valence-corrected chi connectivity index (χ4v) is 2.62. The zero-order valence-electron chi connectivity index (χ0n) is 12.2. The first kappa shape index (κ1) is 14.2. The van der Waals surface area contributed by atoms with Crippen LogP contribution in [0.5, 0.6) is 11.5 Å². The van der Waals surface area contributed by atoms with E-state index in [9.17, 15) is 4.79 Å². The summed E-state index contributed by atoms with van der Waals surface area (Å²) < 4.78 is 21.8. The fraction of sp³-hybridized carbons (Fsp3) is 0.533. The third-order valence-electron chi connectivity index (χ3n) is 3.79. The Kier molecular flexibility index (Phi) is 3.98. The van der Waals surface area contributed by atoms with E-state index < -0.39 is 0 Å². The van der Waals surface area contributed by atoms with Gasteiger partial charge in [0, 0.05) is 0 Å². The van der Waals surface area contributed by atoms with E-state index in [1.54, 1.807) is 19.1 Å². The molecule has 2 heterocycles. The Balaban J connectivity index is 1.48. The molecule has 0 saturated carbocycles. The highest BCUT2D eigenvalue weighted by Crippen LogP contribution is 2.29. The molecular weight excluding hydrogens is 274 g/mol. The summed E-state index contributed by atoms with van der Waals surface area (Å²) in [5.41, 5.74) is 1.00. The minimum Gasteiger partial charge on any atom is -0.493 e. The first-order chi connectivity index (χ1) is 10.2. The largest absolute Gasteiger partial charge is 0.493 e. The van der Waals surface area contributed by atoms with Gasteiger partial charge in [-0.1, -0.05) is 6.07 Å². The minimum atomic E-state index is -0.0263. The summed E-state index contributed by atoms with van der Waals surface area (Å²) in [6, 6.07) is 5.69. The van der Waals surface area contributed by atoms with Crippen molar-refractivity contribution < 1.29 is 23.7 Å². The molecule has 1 amide bonds. The lowest BCUT2D eigenvalue weighted by atomic mass is 10.2. The number of benzene rings is 1. The Morgan fingerprint density at radius 1 is 1.29 bits per heavy atom. The molecule has 0 aromatic heterocycles. The van der Waals surface area contributed by atoms with E-state index in [1.807, 2.05) is 18.2 Å². The molecule has 0 spiro atoms. The van der Waals surface area contributed by atoms with Gasteiger partial charge in [0.1, 0.15) is 12.3 Å². The minimum absolute atomic E-state index is 0.0211. The lowest BCUT2D eigenvalue weighted by Crippen LogP contribution is -2.48. The van der Waals surface area contributed by atoms with Crippen molar-refractivity contribution >= 4 is 5.91 Å². The number of hydrogen-bond acceptors (Lipinski definition) is 5. The van der Waals surface area contributed by atoms with E-state index in [1.165, 1.54) is 0 Å². The second kappa shape index (κ2) is 5.91. The lowest BCUT2D eigenvalue weighted by molar-refractivity contribution is -0.157. The monoisotopic (exact) mass is 293 g/mol. The Hall–Kier alpha value is -1.79. The van der Waals surface area contributed by atoms with Crippen molar-refractivity contribution in [2.24, 2.45) is 0 Å². The van der Waals surface area contributed by atoms with Gasteiger partial charge in [-0.2, -0.15) is 0 Å². The SMILES string of the molecule is COc1ccc(COC[C@H]2CN3C(=O)C[C@@H]3O2)cc1OC. The van der Waals surface area contributed by atoms with Crippen LogP contribution in [0.25, 0.3) is 0 Å². The van der Waals surface area contributed by atoms with E-state index in [0.29, 0.717) is 37.7 Å². The summed E-state index contributed by atoms with van der Waals surface area (Å²) in [4.78, 5) is 13.0. The summed E-state index contributed by atoms with van der Waals surface area (Å²) >= 11 is 0. The molecule has 2 aliphatic heterocycles. The fourth-order valence-electron chi connectivity index (χ4n) is 2.62. The van der Waals surface area contributed by atoms with Gasteiger partial charge in [-0.15, -0.1) is 0 Å². The Morgan fingerprint density at radius 3 is 2.76 bits per heavy atom. The van der Waals surface area contributed by atoms with Crippen LogP contribution in [-0.2, 0) is 20.9 Å². The summed E-state index contributed by atoms with van der Waals surface area (Å²) in [5.74, 6) is 1.55. The second-order valence-electron chi connectivity index (χ2n) is 5.17. The van der Waals surface area contributed by atoms with Crippen LogP contribution in [0.4, 0.5) is 0 Å². The maximum absolute atomic E-state index is 11.3. The van der Waals surface area contributed by atoms with Crippen LogP contribution >= 0.6 is 0 Å². The van der Waals surface area contributed by atoms with Crippen molar-refractivity contribution in [2.45, 2.75) is 25.4 Å². The predicted octanol–water partition coefficient (Wildman–Crippen LogP) is 1.18. The van der Waals surface area contributed by atoms with Crippen molar-refractivity contribution in [1.82, 2.24) is 4.90 Å². The van der Waals surface area contributed by atoms with Crippen molar-refractivity contribution in [3.05, 3.63) is 23.8 Å². The number of carbonyl (C=O) groups is 1. The molecule has 2 saturated heterocycles. The summed E-state index contributed by atoms with van der Waals surface area (Å²) in [6.45, 7) is 1.59. The molecule has 0 unspecified atom stereocenters. The van der Waals surface area contributed by atoms with Crippen LogP contribution in [-0.4, -0.2) is 50.5 Å². The van der Waals surface area contributed by atoms with Crippen molar-refractivity contribution in [3.63, 3.8) is 0 Å². The quantitative estimate of drug-likeness (QED) is 0.737. The number of nitrogens with zero attached hydrogens (tertiary/aromatic N) is 1. The van der Waals surface area contributed by atoms with E-state index >= 15 is 0 Å². The molecule has 2 aliphatic rings. The van der Waals surface area contributed by atoms with E-state index in [4.69, 9.17) is 18.9 Å². The van der Waals surface area contributed by atoms with Crippen LogP contribution in [0.2, 0.25) is 0 Å². The number of carbonyl (C=O) groups excluding carboxylic acids is 1. The van der Waals surface area contributed by atoms with Crippen molar-refractivity contribution in [3.8, 4) is 11.5 Å². The molecule has 1 aromatic carbocycles. The third kappa shape index (κ3) is 2.82. The second-order valence-corrected chi connectivity index (χ2v) is 5.17. The molecule has 3 rings (SSSR count). The molecule has 0 N–H and O–H groups in total. The van der Waals surface area contributed by atoms with Gasteiger partial charge in [0.05, 0.1) is 40.4 Å². The summed E-state index contributed by atoms with van der Waals surface area (Å²) in [5, 5.41) is 0. The van der Waals surface area contributed by atoms with Gasteiger partial charge in [0.25, 0.3) is 0 Å². The van der Waals surface area contributed by atoms with E-state index in [0.717, 1.165) is 5.56 Å².